The normalized spacial score (nSPS) is 13.9. The van der Waals surface area contributed by atoms with Crippen LogP contribution in [0.15, 0.2) is 18.2 Å². The summed E-state index contributed by atoms with van der Waals surface area (Å²) in [5, 5.41) is 2.96. The van der Waals surface area contributed by atoms with Crippen molar-refractivity contribution in [2.75, 3.05) is 27.7 Å². The van der Waals surface area contributed by atoms with E-state index in [4.69, 9.17) is 0 Å². The molecule has 19 heavy (non-hydrogen) atoms. The van der Waals surface area contributed by atoms with Crippen molar-refractivity contribution in [3.05, 3.63) is 35.1 Å². The summed E-state index contributed by atoms with van der Waals surface area (Å²) in [5.74, 6) is -1.24. The molecule has 1 aromatic carbocycles. The highest BCUT2D eigenvalue weighted by molar-refractivity contribution is 5.29. The average molecular weight is 278 g/mol. The van der Waals surface area contributed by atoms with E-state index in [0.29, 0.717) is 12.0 Å². The maximum atomic E-state index is 13.2. The highest BCUT2D eigenvalue weighted by Crippen LogP contribution is 2.33. The third-order valence-corrected chi connectivity index (χ3v) is 2.91. The van der Waals surface area contributed by atoms with E-state index < -0.39 is 17.6 Å². The molecule has 1 atom stereocenters. The van der Waals surface area contributed by atoms with E-state index in [1.54, 1.807) is 7.05 Å². The Balaban J connectivity index is 2.99. The molecule has 0 amide bonds. The summed E-state index contributed by atoms with van der Waals surface area (Å²) in [6.45, 7) is 0.726. The van der Waals surface area contributed by atoms with Crippen molar-refractivity contribution in [2.45, 2.75) is 18.6 Å². The molecule has 108 valence electrons. The number of halogens is 4. The van der Waals surface area contributed by atoms with Crippen LogP contribution >= 0.6 is 0 Å². The van der Waals surface area contributed by atoms with Crippen LogP contribution in [0.25, 0.3) is 0 Å². The number of nitrogens with one attached hydrogen (secondary N) is 1. The molecule has 0 aromatic heterocycles. The zero-order valence-electron chi connectivity index (χ0n) is 11.2. The van der Waals surface area contributed by atoms with E-state index in [1.807, 2.05) is 19.0 Å². The standard InChI is InChI=1S/C13H18F4N2/c1-18-12(6-7-19(2)3)9-4-5-11(14)10(8-9)13(15,16)17/h4-5,8,12,18H,6-7H2,1-3H3. The van der Waals surface area contributed by atoms with E-state index in [9.17, 15) is 17.6 Å². The maximum Gasteiger partial charge on any atom is 0.419 e. The van der Waals surface area contributed by atoms with Crippen LogP contribution in [0.2, 0.25) is 0 Å². The lowest BCUT2D eigenvalue weighted by atomic mass is 10.0. The minimum absolute atomic E-state index is 0.232. The van der Waals surface area contributed by atoms with Gasteiger partial charge in [-0.05, 0) is 51.8 Å². The zero-order chi connectivity index (χ0) is 14.6. The Morgan fingerprint density at radius 2 is 1.89 bits per heavy atom. The van der Waals surface area contributed by atoms with Gasteiger partial charge in [0, 0.05) is 6.04 Å². The first kappa shape index (κ1) is 15.9. The molecule has 0 saturated carbocycles. The largest absolute Gasteiger partial charge is 0.419 e. The summed E-state index contributed by atoms with van der Waals surface area (Å²) in [6, 6.07) is 2.91. The van der Waals surface area contributed by atoms with Crippen molar-refractivity contribution in [3.63, 3.8) is 0 Å². The molecule has 0 heterocycles. The van der Waals surface area contributed by atoms with Crippen molar-refractivity contribution in [2.24, 2.45) is 0 Å². The van der Waals surface area contributed by atoms with Crippen LogP contribution in [0, 0.1) is 5.82 Å². The number of hydrogen-bond donors (Lipinski definition) is 1. The molecule has 6 heteroatoms. The van der Waals surface area contributed by atoms with Gasteiger partial charge in [0.05, 0.1) is 5.56 Å². The summed E-state index contributed by atoms with van der Waals surface area (Å²) in [4.78, 5) is 1.94. The van der Waals surface area contributed by atoms with E-state index in [0.717, 1.165) is 18.7 Å². The number of alkyl halides is 3. The third kappa shape index (κ3) is 4.47. The van der Waals surface area contributed by atoms with Crippen molar-refractivity contribution >= 4 is 0 Å². The zero-order valence-corrected chi connectivity index (χ0v) is 11.2. The van der Waals surface area contributed by atoms with Crippen LogP contribution in [0.3, 0.4) is 0 Å². The second kappa shape index (κ2) is 6.34. The highest BCUT2D eigenvalue weighted by atomic mass is 19.4. The summed E-state index contributed by atoms with van der Waals surface area (Å²) in [7, 11) is 5.45. The minimum Gasteiger partial charge on any atom is -0.313 e. The van der Waals surface area contributed by atoms with Crippen molar-refractivity contribution in [1.82, 2.24) is 10.2 Å². The van der Waals surface area contributed by atoms with Gasteiger partial charge in [-0.15, -0.1) is 0 Å². The molecule has 1 aromatic rings. The minimum atomic E-state index is -4.67. The molecule has 2 nitrogen and oxygen atoms in total. The van der Waals surface area contributed by atoms with Crippen LogP contribution < -0.4 is 5.32 Å². The maximum absolute atomic E-state index is 13.2. The lowest BCUT2D eigenvalue weighted by molar-refractivity contribution is -0.140. The van der Waals surface area contributed by atoms with E-state index in [1.165, 1.54) is 6.07 Å². The van der Waals surface area contributed by atoms with E-state index in [-0.39, 0.29) is 6.04 Å². The van der Waals surface area contributed by atoms with Crippen LogP contribution in [-0.2, 0) is 6.18 Å². The second-order valence-corrected chi connectivity index (χ2v) is 4.67. The highest BCUT2D eigenvalue weighted by Gasteiger charge is 2.34. The molecule has 0 saturated heterocycles. The van der Waals surface area contributed by atoms with Crippen molar-refractivity contribution in [3.8, 4) is 0 Å². The van der Waals surface area contributed by atoms with Gasteiger partial charge in [-0.3, -0.25) is 0 Å². The molecular formula is C13H18F4N2. The van der Waals surface area contributed by atoms with Gasteiger partial charge >= 0.3 is 6.18 Å². The Hall–Kier alpha value is -1.14. The number of rotatable bonds is 5. The predicted molar refractivity (Wildman–Crippen MR) is 66.4 cm³/mol. The second-order valence-electron chi connectivity index (χ2n) is 4.67. The number of hydrogen-bond acceptors (Lipinski definition) is 2. The number of benzene rings is 1. The Kier molecular flexibility index (Phi) is 5.31. The molecule has 1 N–H and O–H groups in total. The molecule has 0 fully saturated rings. The Morgan fingerprint density at radius 3 is 2.37 bits per heavy atom. The molecule has 1 rings (SSSR count). The van der Waals surface area contributed by atoms with E-state index in [2.05, 4.69) is 5.32 Å². The van der Waals surface area contributed by atoms with Gasteiger partial charge in [0.25, 0.3) is 0 Å². The first-order valence-electron chi connectivity index (χ1n) is 5.94. The summed E-state index contributed by atoms with van der Waals surface area (Å²) >= 11 is 0. The predicted octanol–water partition coefficient (Wildman–Crippen LogP) is 3.06. The van der Waals surface area contributed by atoms with Gasteiger partial charge in [-0.1, -0.05) is 6.07 Å². The summed E-state index contributed by atoms with van der Waals surface area (Å²) < 4.78 is 51.1. The molecular weight excluding hydrogens is 260 g/mol. The Bertz CT molecular complexity index is 416. The van der Waals surface area contributed by atoms with Crippen molar-refractivity contribution < 1.29 is 17.6 Å². The lowest BCUT2D eigenvalue weighted by Gasteiger charge is -2.20. The molecule has 0 aliphatic rings. The van der Waals surface area contributed by atoms with Crippen LogP contribution in [0.1, 0.15) is 23.6 Å². The van der Waals surface area contributed by atoms with Gasteiger partial charge in [-0.25, -0.2) is 4.39 Å². The quantitative estimate of drug-likeness (QED) is 0.833. The summed E-state index contributed by atoms with van der Waals surface area (Å²) in [6.07, 6.45) is -4.02. The summed E-state index contributed by atoms with van der Waals surface area (Å²) in [5.41, 5.74) is -0.770. The lowest BCUT2D eigenvalue weighted by Crippen LogP contribution is -2.23. The van der Waals surface area contributed by atoms with Gasteiger partial charge < -0.3 is 10.2 Å². The third-order valence-electron chi connectivity index (χ3n) is 2.91. The van der Waals surface area contributed by atoms with Crippen LogP contribution in [0.5, 0.6) is 0 Å². The monoisotopic (exact) mass is 278 g/mol. The fraction of sp³-hybridized carbons (Fsp3) is 0.538. The van der Waals surface area contributed by atoms with Crippen LogP contribution in [-0.4, -0.2) is 32.6 Å². The van der Waals surface area contributed by atoms with E-state index >= 15 is 0 Å². The van der Waals surface area contributed by atoms with Crippen molar-refractivity contribution in [1.29, 1.82) is 0 Å². The SMILES string of the molecule is CNC(CCN(C)C)c1ccc(F)c(C(F)(F)F)c1. The average Bonchev–Trinajstić information content (AvgIpc) is 2.29. The smallest absolute Gasteiger partial charge is 0.313 e. The Morgan fingerprint density at radius 1 is 1.26 bits per heavy atom. The van der Waals surface area contributed by atoms with Gasteiger partial charge in [0.1, 0.15) is 5.82 Å². The van der Waals surface area contributed by atoms with Gasteiger partial charge in [0.15, 0.2) is 0 Å². The number of nitrogens with zero attached hydrogens (tertiary/aromatic N) is 1. The molecule has 0 bridgehead atoms. The topological polar surface area (TPSA) is 15.3 Å². The molecule has 0 spiro atoms. The molecule has 0 aliphatic heterocycles. The Labute approximate surface area is 110 Å². The molecule has 0 aliphatic carbocycles. The molecule has 0 radical (unpaired) electrons. The fourth-order valence-electron chi connectivity index (χ4n) is 1.84. The molecule has 1 unspecified atom stereocenters. The fourth-order valence-corrected chi connectivity index (χ4v) is 1.84. The van der Waals surface area contributed by atoms with Gasteiger partial charge in [-0.2, -0.15) is 13.2 Å². The first-order valence-corrected chi connectivity index (χ1v) is 5.94. The van der Waals surface area contributed by atoms with Crippen LogP contribution in [0.4, 0.5) is 17.6 Å². The first-order chi connectivity index (χ1) is 8.75. The van der Waals surface area contributed by atoms with Gasteiger partial charge in [0.2, 0.25) is 0 Å².